The molecule has 10 heteroatoms. The summed E-state index contributed by atoms with van der Waals surface area (Å²) in [4.78, 5) is 33.8. The van der Waals surface area contributed by atoms with Gasteiger partial charge in [-0.1, -0.05) is 87.4 Å². The van der Waals surface area contributed by atoms with Crippen molar-refractivity contribution in [3.8, 4) is 44.8 Å². The Morgan fingerprint density at radius 2 is 1.23 bits per heavy atom. The van der Waals surface area contributed by atoms with Gasteiger partial charge in [-0.2, -0.15) is 0 Å². The normalized spacial score (nSPS) is 23.1. The number of amides is 1. The Labute approximate surface area is 337 Å². The summed E-state index contributed by atoms with van der Waals surface area (Å²) in [7, 11) is -0.494. The first-order chi connectivity index (χ1) is 27.3. The van der Waals surface area contributed by atoms with Gasteiger partial charge in [0.25, 0.3) is 0 Å². The Bertz CT molecular complexity index is 2250. The largest absolute Gasteiger partial charge is 0.444 e. The number of aromatic nitrogens is 4. The van der Waals surface area contributed by atoms with Crippen LogP contribution in [0.25, 0.3) is 44.8 Å². The fourth-order valence-electron chi connectivity index (χ4n) is 10.5. The minimum absolute atomic E-state index is 0.107. The van der Waals surface area contributed by atoms with Gasteiger partial charge in [-0.05, 0) is 134 Å². The van der Waals surface area contributed by atoms with Crippen molar-refractivity contribution in [1.29, 1.82) is 0 Å². The van der Waals surface area contributed by atoms with E-state index in [0.717, 1.165) is 66.4 Å². The molecule has 2 aliphatic carbocycles. The van der Waals surface area contributed by atoms with E-state index in [4.69, 9.17) is 14.7 Å². The van der Waals surface area contributed by atoms with E-state index in [-0.39, 0.29) is 18.2 Å². The van der Waals surface area contributed by atoms with Crippen molar-refractivity contribution in [2.75, 3.05) is 13.1 Å². The summed E-state index contributed by atoms with van der Waals surface area (Å²) >= 11 is 0. The molecule has 2 aliphatic heterocycles. The molecule has 0 unspecified atom stereocenters. The van der Waals surface area contributed by atoms with Gasteiger partial charge in [0.05, 0.1) is 35.9 Å². The predicted octanol–water partition coefficient (Wildman–Crippen LogP) is 10.3. The number of hydrogen-bond donors (Lipinski definition) is 3. The van der Waals surface area contributed by atoms with Gasteiger partial charge in [0.15, 0.2) is 0 Å². The summed E-state index contributed by atoms with van der Waals surface area (Å²) in [5, 5.41) is 10.4. The fourth-order valence-corrected chi connectivity index (χ4v) is 10.5. The molecule has 9 rings (SSSR count). The lowest BCUT2D eigenvalue weighted by atomic mass is 9.82. The topological polar surface area (TPSA) is 110 Å². The van der Waals surface area contributed by atoms with E-state index in [9.17, 15) is 9.82 Å². The summed E-state index contributed by atoms with van der Waals surface area (Å²) in [5.41, 5.74) is 12.2. The number of benzene rings is 3. The third-order valence-electron chi connectivity index (χ3n) is 13.2. The molecule has 1 spiro atoms. The van der Waals surface area contributed by atoms with Gasteiger partial charge in [0.1, 0.15) is 17.2 Å². The van der Waals surface area contributed by atoms with E-state index in [1.54, 1.807) is 0 Å². The summed E-state index contributed by atoms with van der Waals surface area (Å²) in [6.07, 6.45) is 13.0. The molecular weight excluding hydrogens is 707 g/mol. The maximum Gasteiger partial charge on any atom is 0.410 e. The molecule has 0 bridgehead atoms. The second-order valence-corrected chi connectivity index (χ2v) is 18.9. The number of fused-ring (bicyclic) bond motifs is 1. The van der Waals surface area contributed by atoms with Crippen LogP contribution in [-0.2, 0) is 17.6 Å². The van der Waals surface area contributed by atoms with Crippen molar-refractivity contribution >= 4 is 13.1 Å². The van der Waals surface area contributed by atoms with Crippen LogP contribution in [-0.4, -0.2) is 66.5 Å². The Morgan fingerprint density at radius 3 is 1.74 bits per heavy atom. The summed E-state index contributed by atoms with van der Waals surface area (Å²) in [5.74, 6) is 2.64. The Morgan fingerprint density at radius 1 is 0.754 bits per heavy atom. The molecule has 0 radical (unpaired) electrons. The number of carbonyl (C=O) groups is 1. The average Bonchev–Trinajstić information content (AvgIpc) is 4.04. The van der Waals surface area contributed by atoms with E-state index >= 15 is 0 Å². The Balaban J connectivity index is 0.963. The molecule has 1 amide bonds. The number of H-pyrrole nitrogens is 2. The van der Waals surface area contributed by atoms with Gasteiger partial charge < -0.3 is 24.5 Å². The van der Waals surface area contributed by atoms with E-state index in [1.807, 2.05) is 44.9 Å². The molecular formula is C47H57BN6O3. The van der Waals surface area contributed by atoms with Crippen molar-refractivity contribution in [3.63, 3.8) is 0 Å². The van der Waals surface area contributed by atoms with Crippen molar-refractivity contribution < 1.29 is 14.6 Å². The van der Waals surface area contributed by atoms with Gasteiger partial charge in [-0.25, -0.2) is 14.8 Å². The highest BCUT2D eigenvalue weighted by Gasteiger charge is 2.42. The Kier molecular flexibility index (Phi) is 9.71. The lowest BCUT2D eigenvalue weighted by Crippen LogP contribution is -2.37. The molecule has 3 aromatic carbocycles. The van der Waals surface area contributed by atoms with Crippen molar-refractivity contribution in [2.45, 2.75) is 110 Å². The van der Waals surface area contributed by atoms with E-state index < -0.39 is 12.7 Å². The van der Waals surface area contributed by atoms with Crippen molar-refractivity contribution in [1.82, 2.24) is 29.6 Å². The maximum atomic E-state index is 13.1. The third kappa shape index (κ3) is 7.36. The highest BCUT2D eigenvalue weighted by molar-refractivity contribution is 6.45. The number of rotatable bonds is 7. The smallest absolute Gasteiger partial charge is 0.410 e. The first-order valence-corrected chi connectivity index (χ1v) is 21.2. The predicted molar refractivity (Wildman–Crippen MR) is 227 cm³/mol. The molecule has 4 aliphatic rings. The third-order valence-corrected chi connectivity index (χ3v) is 13.2. The average molecular weight is 765 g/mol. The zero-order valence-corrected chi connectivity index (χ0v) is 34.4. The first-order valence-electron chi connectivity index (χ1n) is 21.2. The molecule has 4 atom stereocenters. The van der Waals surface area contributed by atoms with Crippen LogP contribution in [0.5, 0.6) is 0 Å². The summed E-state index contributed by atoms with van der Waals surface area (Å²) in [6, 6.07) is 22.6. The Hall–Kier alpha value is -4.67. The number of hydrogen-bond acceptors (Lipinski definition) is 6. The first kappa shape index (κ1) is 37.9. The van der Waals surface area contributed by atoms with Crippen LogP contribution in [0.3, 0.4) is 0 Å². The monoisotopic (exact) mass is 764 g/mol. The van der Waals surface area contributed by atoms with Crippen LogP contribution < -0.4 is 0 Å². The lowest BCUT2D eigenvalue weighted by molar-refractivity contribution is 0.0214. The summed E-state index contributed by atoms with van der Waals surface area (Å²) in [6.45, 7) is 13.5. The number of carbonyl (C=O) groups excluding carboxylic acids is 1. The SMILES string of the molecule is CB(O)N1C[C@@H](C)C[C@H]1c1ncc(-c2ccc(-c3ccc(-c4ccc(-c5cnc([C@@H]6C[C@H](C)CN6C(=O)OC(C)(C)C)[nH]5)cc4)c4c3CC3(CCCC3)C4)cc2)[nH]1. The zero-order chi connectivity index (χ0) is 39.6. The molecule has 3 N–H and O–H groups in total. The minimum Gasteiger partial charge on any atom is -0.444 e. The van der Waals surface area contributed by atoms with Crippen LogP contribution in [0, 0.1) is 17.3 Å². The second-order valence-electron chi connectivity index (χ2n) is 18.9. The molecule has 2 saturated heterocycles. The van der Waals surface area contributed by atoms with E-state index in [2.05, 4.69) is 89.3 Å². The van der Waals surface area contributed by atoms with Crippen LogP contribution in [0.15, 0.2) is 73.1 Å². The molecule has 2 aromatic heterocycles. The summed E-state index contributed by atoms with van der Waals surface area (Å²) < 4.78 is 5.75. The van der Waals surface area contributed by atoms with Crippen molar-refractivity contribution in [2.24, 2.45) is 17.3 Å². The molecule has 9 nitrogen and oxygen atoms in total. The van der Waals surface area contributed by atoms with Gasteiger partial charge in [-0.3, -0.25) is 4.90 Å². The molecule has 5 aromatic rings. The van der Waals surface area contributed by atoms with Gasteiger partial charge in [0, 0.05) is 6.54 Å². The van der Waals surface area contributed by atoms with Crippen molar-refractivity contribution in [3.05, 3.63) is 95.8 Å². The van der Waals surface area contributed by atoms with Crippen LogP contribution in [0.2, 0.25) is 6.82 Å². The minimum atomic E-state index is -0.544. The highest BCUT2D eigenvalue weighted by Crippen LogP contribution is 2.53. The number of imidazole rings is 2. The van der Waals surface area contributed by atoms with Crippen LogP contribution >= 0.6 is 0 Å². The number of nitrogens with zero attached hydrogens (tertiary/aromatic N) is 4. The number of likely N-dealkylation sites (tertiary alicyclic amines) is 1. The van der Waals surface area contributed by atoms with E-state index in [0.29, 0.717) is 23.8 Å². The van der Waals surface area contributed by atoms with Gasteiger partial charge in [-0.15, -0.1) is 0 Å². The van der Waals surface area contributed by atoms with E-state index in [1.165, 1.54) is 59.1 Å². The highest BCUT2D eigenvalue weighted by atomic mass is 16.6. The standard InChI is InChI=1S/C47H57BN6O3/c1-29-21-41(53(27-29)45(55)57-46(3,4)5)43-49-25-39(51-43)33-13-9-31(10-14-33)35-17-18-36(38-24-47(23-37(35)38)19-7-8-20-47)32-11-15-34(16-12-32)40-26-50-44(52-40)42-22-30(2)28-54(42)48(6)56/h9-18,25-26,29-30,41-42,56H,7-8,19-24,27-28H2,1-6H3,(H,49,51)(H,50,52)/t29-,30-,41-,42-/m0/s1. The second kappa shape index (κ2) is 14.6. The molecule has 296 valence electrons. The van der Waals surface area contributed by atoms with Gasteiger partial charge >= 0.3 is 13.1 Å². The van der Waals surface area contributed by atoms with Crippen LogP contribution in [0.1, 0.15) is 108 Å². The maximum absolute atomic E-state index is 13.1. The molecule has 4 heterocycles. The van der Waals surface area contributed by atoms with Crippen LogP contribution in [0.4, 0.5) is 4.79 Å². The zero-order valence-electron chi connectivity index (χ0n) is 34.4. The van der Waals surface area contributed by atoms with Gasteiger partial charge in [0.2, 0.25) is 0 Å². The molecule has 3 fully saturated rings. The number of nitrogens with one attached hydrogen (secondary N) is 2. The molecule has 1 saturated carbocycles. The lowest BCUT2D eigenvalue weighted by Gasteiger charge is -2.27. The quantitative estimate of drug-likeness (QED) is 0.142. The fraction of sp³-hybridized carbons (Fsp3) is 0.468. The number of ether oxygens (including phenoxy) is 1. The molecule has 57 heavy (non-hydrogen) atoms. The number of aromatic amines is 2.